The lowest BCUT2D eigenvalue weighted by molar-refractivity contribution is -0.125. The first kappa shape index (κ1) is 11.7. The molecule has 4 fully saturated rings. The molecular weight excluding hydrogens is 331 g/mol. The number of hydrogen-bond donors (Lipinski definition) is 0. The van der Waals surface area contributed by atoms with Gasteiger partial charge in [0.25, 0.3) is 0 Å². The van der Waals surface area contributed by atoms with E-state index in [2.05, 4.69) is 52.9 Å². The number of rotatable bonds is 2. The minimum absolute atomic E-state index is 0.758. The summed E-state index contributed by atoms with van der Waals surface area (Å²) in [5.41, 5.74) is 2.40. The predicted octanol–water partition coefficient (Wildman–Crippen LogP) is 5.32. The summed E-state index contributed by atoms with van der Waals surface area (Å²) < 4.78 is 0.758. The van der Waals surface area contributed by atoms with Gasteiger partial charge in [-0.1, -0.05) is 52.9 Å². The van der Waals surface area contributed by atoms with Gasteiger partial charge in [-0.3, -0.25) is 0 Å². The van der Waals surface area contributed by atoms with E-state index in [0.29, 0.717) is 0 Å². The van der Waals surface area contributed by atoms with Crippen molar-refractivity contribution in [1.82, 2.24) is 0 Å². The monoisotopic (exact) mass is 352 g/mol. The zero-order chi connectivity index (χ0) is 12.2. The molecule has 0 amide bonds. The lowest BCUT2D eigenvalue weighted by atomic mass is 9.38. The van der Waals surface area contributed by atoms with E-state index >= 15 is 0 Å². The van der Waals surface area contributed by atoms with E-state index in [1.54, 1.807) is 24.8 Å². The summed E-state index contributed by atoms with van der Waals surface area (Å²) in [5.74, 6) is 1.91. The van der Waals surface area contributed by atoms with Crippen molar-refractivity contribution in [3.63, 3.8) is 0 Å². The van der Waals surface area contributed by atoms with Gasteiger partial charge in [0.15, 0.2) is 0 Å². The van der Waals surface area contributed by atoms with Gasteiger partial charge in [0, 0.05) is 3.42 Å². The summed E-state index contributed by atoms with van der Waals surface area (Å²) in [7, 11) is 0. The zero-order valence-corrected chi connectivity index (χ0v) is 13.0. The van der Waals surface area contributed by atoms with Crippen molar-refractivity contribution >= 4 is 22.6 Å². The van der Waals surface area contributed by atoms with Crippen molar-refractivity contribution < 1.29 is 0 Å². The second-order valence-corrected chi connectivity index (χ2v) is 9.29. The second kappa shape index (κ2) is 3.97. The Morgan fingerprint density at radius 2 is 1.50 bits per heavy atom. The number of hydrogen-bond acceptors (Lipinski definition) is 0. The van der Waals surface area contributed by atoms with Crippen molar-refractivity contribution in [2.24, 2.45) is 11.3 Å². The molecule has 4 saturated carbocycles. The third kappa shape index (κ3) is 1.69. The highest BCUT2D eigenvalue weighted by molar-refractivity contribution is 14.1. The molecule has 0 radical (unpaired) electrons. The van der Waals surface area contributed by atoms with Crippen LogP contribution in [-0.2, 0) is 0 Å². The van der Waals surface area contributed by atoms with Gasteiger partial charge < -0.3 is 0 Å². The Labute approximate surface area is 124 Å². The Bertz CT molecular complexity index is 422. The summed E-state index contributed by atoms with van der Waals surface area (Å²) in [4.78, 5) is 0. The molecule has 1 heteroatoms. The van der Waals surface area contributed by atoms with Crippen molar-refractivity contribution in [3.8, 4) is 0 Å². The van der Waals surface area contributed by atoms with Crippen molar-refractivity contribution in [1.29, 1.82) is 0 Å². The fraction of sp³-hybridized carbons (Fsp3) is 0.647. The first-order chi connectivity index (χ1) is 8.69. The second-order valence-electron chi connectivity index (χ2n) is 7.00. The predicted molar refractivity (Wildman–Crippen MR) is 84.2 cm³/mol. The third-order valence-corrected chi connectivity index (χ3v) is 7.02. The highest BCUT2D eigenvalue weighted by atomic mass is 127. The third-order valence-electron chi connectivity index (χ3n) is 5.87. The molecule has 1 aromatic carbocycles. The summed E-state index contributed by atoms with van der Waals surface area (Å²) in [5, 5.41) is 0. The van der Waals surface area contributed by atoms with Crippen molar-refractivity contribution in [2.45, 2.75) is 54.3 Å². The standard InChI is InChI=1S/C17H21I/c18-17-10-16(11-17,12-17)15-8-6-14(7-9-15)13-4-2-1-3-5-13/h1-5,14-15H,6-12H2. The van der Waals surface area contributed by atoms with Crippen LogP contribution < -0.4 is 0 Å². The van der Waals surface area contributed by atoms with E-state index in [1.807, 2.05) is 0 Å². The minimum atomic E-state index is 0.758. The van der Waals surface area contributed by atoms with Crippen LogP contribution in [0.5, 0.6) is 0 Å². The average molecular weight is 352 g/mol. The van der Waals surface area contributed by atoms with Gasteiger partial charge in [0.2, 0.25) is 0 Å². The molecule has 96 valence electrons. The molecule has 1 aromatic rings. The first-order valence-electron chi connectivity index (χ1n) is 7.43. The maximum Gasteiger partial charge on any atom is 0.0238 e. The van der Waals surface area contributed by atoms with E-state index in [0.717, 1.165) is 20.7 Å². The van der Waals surface area contributed by atoms with Gasteiger partial charge >= 0.3 is 0 Å². The molecule has 2 bridgehead atoms. The van der Waals surface area contributed by atoms with E-state index in [9.17, 15) is 0 Å². The summed E-state index contributed by atoms with van der Waals surface area (Å²) >= 11 is 2.71. The lowest BCUT2D eigenvalue weighted by Gasteiger charge is -2.72. The molecule has 0 atom stereocenters. The maximum absolute atomic E-state index is 2.71. The fourth-order valence-corrected chi connectivity index (χ4v) is 7.21. The molecule has 0 nitrogen and oxygen atoms in total. The normalized spacial score (nSPS) is 46.1. The van der Waals surface area contributed by atoms with Crippen LogP contribution in [0.3, 0.4) is 0 Å². The SMILES string of the molecule is IC12CC(C3CCC(c4ccccc4)CC3)(C1)C2. The van der Waals surface area contributed by atoms with E-state index < -0.39 is 0 Å². The molecule has 0 unspecified atom stereocenters. The number of alkyl halides is 1. The molecule has 0 saturated heterocycles. The number of benzene rings is 1. The molecule has 0 heterocycles. The van der Waals surface area contributed by atoms with Crippen LogP contribution in [-0.4, -0.2) is 3.42 Å². The van der Waals surface area contributed by atoms with Gasteiger partial charge in [-0.15, -0.1) is 0 Å². The molecular formula is C17H21I. The molecule has 5 rings (SSSR count). The van der Waals surface area contributed by atoms with Crippen molar-refractivity contribution in [2.75, 3.05) is 0 Å². The van der Waals surface area contributed by atoms with Gasteiger partial charge in [-0.2, -0.15) is 0 Å². The zero-order valence-electron chi connectivity index (χ0n) is 10.9. The molecule has 4 aliphatic carbocycles. The Morgan fingerprint density at radius 3 is 2.06 bits per heavy atom. The lowest BCUT2D eigenvalue weighted by Crippen LogP contribution is -2.66. The summed E-state index contributed by atoms with van der Waals surface area (Å²) in [6.07, 6.45) is 10.5. The Morgan fingerprint density at radius 1 is 0.889 bits per heavy atom. The molecule has 18 heavy (non-hydrogen) atoms. The fourth-order valence-electron chi connectivity index (χ4n) is 4.93. The van der Waals surface area contributed by atoms with Crippen LogP contribution in [0.15, 0.2) is 30.3 Å². The molecule has 0 N–H and O–H groups in total. The first-order valence-corrected chi connectivity index (χ1v) is 8.51. The van der Waals surface area contributed by atoms with E-state index in [1.165, 1.54) is 25.7 Å². The molecule has 0 spiro atoms. The maximum atomic E-state index is 2.71. The van der Waals surface area contributed by atoms with Crippen LogP contribution >= 0.6 is 22.6 Å². The molecule has 0 aliphatic heterocycles. The van der Waals surface area contributed by atoms with E-state index in [4.69, 9.17) is 0 Å². The summed E-state index contributed by atoms with van der Waals surface area (Å²) in [6, 6.07) is 11.2. The molecule has 0 aromatic heterocycles. The van der Waals surface area contributed by atoms with Crippen LogP contribution in [0.1, 0.15) is 56.4 Å². The topological polar surface area (TPSA) is 0 Å². The highest BCUT2D eigenvalue weighted by Crippen LogP contribution is 2.76. The van der Waals surface area contributed by atoms with Gasteiger partial charge in [0.1, 0.15) is 0 Å². The van der Waals surface area contributed by atoms with Crippen LogP contribution in [0, 0.1) is 11.3 Å². The van der Waals surface area contributed by atoms with Gasteiger partial charge in [-0.25, -0.2) is 0 Å². The Balaban J connectivity index is 1.39. The average Bonchev–Trinajstić information content (AvgIpc) is 2.35. The van der Waals surface area contributed by atoms with Crippen LogP contribution in [0.25, 0.3) is 0 Å². The van der Waals surface area contributed by atoms with Crippen molar-refractivity contribution in [3.05, 3.63) is 35.9 Å². The number of halogens is 1. The van der Waals surface area contributed by atoms with Crippen LogP contribution in [0.4, 0.5) is 0 Å². The summed E-state index contributed by atoms with van der Waals surface area (Å²) in [6.45, 7) is 0. The largest absolute Gasteiger partial charge is 0.0788 e. The van der Waals surface area contributed by atoms with Gasteiger partial charge in [-0.05, 0) is 67.8 Å². The van der Waals surface area contributed by atoms with Gasteiger partial charge in [0.05, 0.1) is 0 Å². The minimum Gasteiger partial charge on any atom is -0.0788 e. The van der Waals surface area contributed by atoms with Crippen LogP contribution in [0.2, 0.25) is 0 Å². The Hall–Kier alpha value is -0.0500. The molecule has 4 aliphatic rings. The quantitative estimate of drug-likeness (QED) is 0.499. The smallest absolute Gasteiger partial charge is 0.0238 e. The van der Waals surface area contributed by atoms with E-state index in [-0.39, 0.29) is 0 Å². The Kier molecular flexibility index (Phi) is 2.59. The highest BCUT2D eigenvalue weighted by Gasteiger charge is 2.68.